The number of benzene rings is 1. The molecule has 7 nitrogen and oxygen atoms in total. The third-order valence-corrected chi connectivity index (χ3v) is 2.48. The van der Waals surface area contributed by atoms with Crippen LogP contribution in [0.3, 0.4) is 0 Å². The Hall–Kier alpha value is -2.57. The van der Waals surface area contributed by atoms with Gasteiger partial charge >= 0.3 is 6.03 Å². The molecule has 7 heteroatoms. The molecule has 0 aliphatic rings. The Bertz CT molecular complexity index is 517. The van der Waals surface area contributed by atoms with Gasteiger partial charge in [-0.05, 0) is 24.6 Å². The average molecular weight is 292 g/mol. The van der Waals surface area contributed by atoms with Gasteiger partial charge < -0.3 is 21.3 Å². The maximum absolute atomic E-state index is 11.5. The zero-order chi connectivity index (χ0) is 15.7. The van der Waals surface area contributed by atoms with Crippen molar-refractivity contribution in [1.29, 1.82) is 0 Å². The molecule has 21 heavy (non-hydrogen) atoms. The minimum Gasteiger partial charge on any atom is -0.355 e. The summed E-state index contributed by atoms with van der Waals surface area (Å²) in [4.78, 5) is 33.7. The number of likely N-dealkylation sites (N-methyl/N-ethyl adjacent to an activating group) is 1. The highest BCUT2D eigenvalue weighted by molar-refractivity contribution is 5.88. The highest BCUT2D eigenvalue weighted by Crippen LogP contribution is 2.10. The molecule has 0 atom stereocenters. The van der Waals surface area contributed by atoms with Crippen LogP contribution in [0.15, 0.2) is 24.3 Å². The van der Waals surface area contributed by atoms with Crippen molar-refractivity contribution < 1.29 is 14.4 Å². The Morgan fingerprint density at radius 1 is 1.10 bits per heavy atom. The van der Waals surface area contributed by atoms with Gasteiger partial charge in [0.25, 0.3) is 0 Å². The Kier molecular flexibility index (Phi) is 6.73. The summed E-state index contributed by atoms with van der Waals surface area (Å²) in [5, 5.41) is 10.3. The van der Waals surface area contributed by atoms with Crippen LogP contribution in [-0.4, -0.2) is 30.9 Å². The fraction of sp³-hybridized carbons (Fsp3) is 0.357. The van der Waals surface area contributed by atoms with Gasteiger partial charge in [0.2, 0.25) is 11.8 Å². The topological polar surface area (TPSA) is 99.3 Å². The van der Waals surface area contributed by atoms with E-state index in [9.17, 15) is 14.4 Å². The van der Waals surface area contributed by atoms with Crippen LogP contribution in [0.2, 0.25) is 0 Å². The lowest BCUT2D eigenvalue weighted by molar-refractivity contribution is -0.120. The fourth-order valence-corrected chi connectivity index (χ4v) is 1.63. The maximum atomic E-state index is 11.5. The smallest absolute Gasteiger partial charge is 0.315 e. The lowest BCUT2D eigenvalue weighted by Crippen LogP contribution is -2.41. The first-order chi connectivity index (χ1) is 10.0. The molecule has 0 aromatic heterocycles. The summed E-state index contributed by atoms with van der Waals surface area (Å²) < 4.78 is 0. The van der Waals surface area contributed by atoms with Crippen LogP contribution in [0.4, 0.5) is 10.5 Å². The van der Waals surface area contributed by atoms with Crippen LogP contribution < -0.4 is 21.3 Å². The zero-order valence-corrected chi connectivity index (χ0v) is 12.2. The summed E-state index contributed by atoms with van der Waals surface area (Å²) in [5.41, 5.74) is 1.51. The number of amides is 4. The van der Waals surface area contributed by atoms with Crippen molar-refractivity contribution in [1.82, 2.24) is 16.0 Å². The van der Waals surface area contributed by atoms with Gasteiger partial charge in [-0.25, -0.2) is 4.79 Å². The number of hydrogen-bond acceptors (Lipinski definition) is 3. The van der Waals surface area contributed by atoms with E-state index in [2.05, 4.69) is 21.3 Å². The molecule has 4 amide bonds. The molecule has 114 valence electrons. The van der Waals surface area contributed by atoms with Crippen molar-refractivity contribution in [3.63, 3.8) is 0 Å². The molecular formula is C14H20N4O3. The number of carbonyl (C=O) groups is 3. The number of carbonyl (C=O) groups excluding carboxylic acids is 3. The second kappa shape index (κ2) is 8.57. The van der Waals surface area contributed by atoms with E-state index >= 15 is 0 Å². The molecule has 4 N–H and O–H groups in total. The molecule has 1 aromatic carbocycles. The SMILES string of the molecule is CCNC(=O)CNC(=O)NCc1cccc(NC(C)=O)c1. The van der Waals surface area contributed by atoms with Crippen LogP contribution in [0.25, 0.3) is 0 Å². The highest BCUT2D eigenvalue weighted by atomic mass is 16.2. The van der Waals surface area contributed by atoms with Gasteiger partial charge in [-0.2, -0.15) is 0 Å². The summed E-state index contributed by atoms with van der Waals surface area (Å²) in [5.74, 6) is -0.389. The van der Waals surface area contributed by atoms with Crippen molar-refractivity contribution >= 4 is 23.5 Å². The highest BCUT2D eigenvalue weighted by Gasteiger charge is 2.04. The molecule has 0 radical (unpaired) electrons. The summed E-state index contributed by atoms with van der Waals surface area (Å²) in [6, 6.07) is 6.72. The van der Waals surface area contributed by atoms with Gasteiger partial charge in [0.1, 0.15) is 0 Å². The first kappa shape index (κ1) is 16.5. The van der Waals surface area contributed by atoms with Crippen LogP contribution in [0.1, 0.15) is 19.4 Å². The van der Waals surface area contributed by atoms with Gasteiger partial charge in [-0.3, -0.25) is 9.59 Å². The summed E-state index contributed by atoms with van der Waals surface area (Å²) in [6.45, 7) is 4.00. The minimum atomic E-state index is -0.425. The Labute approximate surface area is 123 Å². The third kappa shape index (κ3) is 6.95. The lowest BCUT2D eigenvalue weighted by atomic mass is 10.2. The average Bonchev–Trinajstić information content (AvgIpc) is 2.43. The van der Waals surface area contributed by atoms with Crippen LogP contribution >= 0.6 is 0 Å². The number of anilines is 1. The predicted molar refractivity (Wildman–Crippen MR) is 79.7 cm³/mol. The van der Waals surface area contributed by atoms with E-state index in [1.54, 1.807) is 25.1 Å². The molecular weight excluding hydrogens is 272 g/mol. The molecule has 0 saturated heterocycles. The monoisotopic (exact) mass is 292 g/mol. The predicted octanol–water partition coefficient (Wildman–Crippen LogP) is 0.580. The van der Waals surface area contributed by atoms with Crippen molar-refractivity contribution in [3.8, 4) is 0 Å². The Morgan fingerprint density at radius 3 is 2.52 bits per heavy atom. The Balaban J connectivity index is 2.39. The summed E-state index contributed by atoms with van der Waals surface area (Å²) in [7, 11) is 0. The number of nitrogens with one attached hydrogen (secondary N) is 4. The molecule has 0 heterocycles. The fourth-order valence-electron chi connectivity index (χ4n) is 1.63. The molecule has 0 unspecified atom stereocenters. The summed E-state index contributed by atoms with van der Waals surface area (Å²) >= 11 is 0. The maximum Gasteiger partial charge on any atom is 0.315 e. The number of urea groups is 1. The molecule has 0 bridgehead atoms. The molecule has 0 fully saturated rings. The molecule has 1 aromatic rings. The zero-order valence-electron chi connectivity index (χ0n) is 12.2. The van der Waals surface area contributed by atoms with Gasteiger partial charge in [0.05, 0.1) is 6.54 Å². The van der Waals surface area contributed by atoms with E-state index in [0.29, 0.717) is 18.8 Å². The first-order valence-corrected chi connectivity index (χ1v) is 6.66. The minimum absolute atomic E-state index is 0.0639. The van der Waals surface area contributed by atoms with Crippen molar-refractivity contribution in [2.75, 3.05) is 18.4 Å². The van der Waals surface area contributed by atoms with Crippen molar-refractivity contribution in [3.05, 3.63) is 29.8 Å². The quantitative estimate of drug-likeness (QED) is 0.617. The van der Waals surface area contributed by atoms with Crippen molar-refractivity contribution in [2.24, 2.45) is 0 Å². The van der Waals surface area contributed by atoms with Gasteiger partial charge in [0.15, 0.2) is 0 Å². The van der Waals surface area contributed by atoms with E-state index in [1.165, 1.54) is 6.92 Å². The van der Waals surface area contributed by atoms with E-state index in [-0.39, 0.29) is 18.4 Å². The van der Waals surface area contributed by atoms with E-state index in [4.69, 9.17) is 0 Å². The second-order valence-corrected chi connectivity index (χ2v) is 4.37. The summed E-state index contributed by atoms with van der Waals surface area (Å²) in [6.07, 6.45) is 0. The lowest BCUT2D eigenvalue weighted by Gasteiger charge is -2.09. The van der Waals surface area contributed by atoms with E-state index < -0.39 is 6.03 Å². The van der Waals surface area contributed by atoms with E-state index in [1.807, 2.05) is 6.07 Å². The molecule has 1 rings (SSSR count). The van der Waals surface area contributed by atoms with Crippen LogP contribution in [0, 0.1) is 0 Å². The van der Waals surface area contributed by atoms with Gasteiger partial charge in [-0.1, -0.05) is 12.1 Å². The molecule has 0 aliphatic carbocycles. The van der Waals surface area contributed by atoms with Crippen LogP contribution in [-0.2, 0) is 16.1 Å². The second-order valence-electron chi connectivity index (χ2n) is 4.37. The normalized spacial score (nSPS) is 9.62. The molecule has 0 aliphatic heterocycles. The number of rotatable bonds is 6. The number of hydrogen-bond donors (Lipinski definition) is 4. The molecule has 0 spiro atoms. The van der Waals surface area contributed by atoms with Crippen LogP contribution in [0.5, 0.6) is 0 Å². The molecule has 0 saturated carbocycles. The van der Waals surface area contributed by atoms with Gasteiger partial charge in [0, 0.05) is 25.7 Å². The largest absolute Gasteiger partial charge is 0.355 e. The third-order valence-electron chi connectivity index (χ3n) is 2.48. The standard InChI is InChI=1S/C14H20N4O3/c1-3-15-13(20)9-17-14(21)16-8-11-5-4-6-12(7-11)18-10(2)19/h4-7H,3,8-9H2,1-2H3,(H,15,20)(H,18,19)(H2,16,17,21). The van der Waals surface area contributed by atoms with Crippen molar-refractivity contribution in [2.45, 2.75) is 20.4 Å². The Morgan fingerprint density at radius 2 is 1.86 bits per heavy atom. The van der Waals surface area contributed by atoms with Gasteiger partial charge in [-0.15, -0.1) is 0 Å². The first-order valence-electron chi connectivity index (χ1n) is 6.66. The van der Waals surface area contributed by atoms with E-state index in [0.717, 1.165) is 5.56 Å².